The van der Waals surface area contributed by atoms with Crippen LogP contribution in [-0.2, 0) is 0 Å². The van der Waals surface area contributed by atoms with Gasteiger partial charge in [-0.2, -0.15) is 0 Å². The lowest BCUT2D eigenvalue weighted by Crippen LogP contribution is -2.33. The first kappa shape index (κ1) is 15.0. The molecule has 0 saturated heterocycles. The third-order valence-electron chi connectivity index (χ3n) is 3.05. The quantitative estimate of drug-likeness (QED) is 0.765. The molecule has 1 unspecified atom stereocenters. The van der Waals surface area contributed by atoms with Gasteiger partial charge in [-0.15, -0.1) is 0 Å². The van der Waals surface area contributed by atoms with Gasteiger partial charge < -0.3 is 15.7 Å². The Kier molecular flexibility index (Phi) is 5.36. The smallest absolute Gasteiger partial charge is 0.337 e. The fourth-order valence-corrected chi connectivity index (χ4v) is 1.58. The van der Waals surface area contributed by atoms with Crippen molar-refractivity contribution in [3.63, 3.8) is 0 Å². The minimum absolute atomic E-state index is 0.0960. The third kappa shape index (κ3) is 4.28. The highest BCUT2D eigenvalue weighted by molar-refractivity contribution is 6.00. The Balaban J connectivity index is 2.76. The molecule has 5 heteroatoms. The summed E-state index contributed by atoms with van der Waals surface area (Å²) in [6.45, 7) is 6.41. The van der Waals surface area contributed by atoms with Crippen molar-refractivity contribution in [1.29, 1.82) is 0 Å². The van der Waals surface area contributed by atoms with E-state index >= 15 is 0 Å². The monoisotopic (exact) mass is 264 g/mol. The lowest BCUT2D eigenvalue weighted by molar-refractivity contribution is 0.0698. The number of amides is 2. The molecule has 0 aromatic heterocycles. The van der Waals surface area contributed by atoms with Crippen LogP contribution in [-0.4, -0.2) is 23.7 Å². The molecule has 0 spiro atoms. The third-order valence-corrected chi connectivity index (χ3v) is 3.05. The lowest BCUT2D eigenvalue weighted by Gasteiger charge is -2.14. The van der Waals surface area contributed by atoms with E-state index in [4.69, 9.17) is 5.11 Å². The normalized spacial score (nSPS) is 11.7. The van der Waals surface area contributed by atoms with Crippen LogP contribution in [0.3, 0.4) is 0 Å². The van der Waals surface area contributed by atoms with E-state index in [9.17, 15) is 9.59 Å². The summed E-state index contributed by atoms with van der Waals surface area (Å²) in [5, 5.41) is 14.4. The predicted octanol–water partition coefficient (Wildman–Crippen LogP) is 2.86. The summed E-state index contributed by atoms with van der Waals surface area (Å²) >= 11 is 0. The number of urea groups is 1. The van der Waals surface area contributed by atoms with Crippen LogP contribution in [0.5, 0.6) is 0 Å². The molecule has 0 bridgehead atoms. The summed E-state index contributed by atoms with van der Waals surface area (Å²) in [5.41, 5.74) is 1.16. The average Bonchev–Trinajstić information content (AvgIpc) is 2.38. The lowest BCUT2D eigenvalue weighted by atomic mass is 10.1. The van der Waals surface area contributed by atoms with Gasteiger partial charge in [-0.3, -0.25) is 0 Å². The number of carbonyl (C=O) groups is 2. The molecule has 1 atom stereocenters. The molecule has 2 amide bonds. The summed E-state index contributed by atoms with van der Waals surface area (Å²) in [5.74, 6) is -0.664. The van der Waals surface area contributed by atoms with Crippen molar-refractivity contribution in [2.24, 2.45) is 5.92 Å². The van der Waals surface area contributed by atoms with E-state index in [0.717, 1.165) is 12.0 Å². The number of carboxylic acid groups (broad SMARTS) is 1. The maximum Gasteiger partial charge on any atom is 0.337 e. The van der Waals surface area contributed by atoms with E-state index in [1.165, 1.54) is 6.07 Å². The number of hydrogen-bond acceptors (Lipinski definition) is 2. The number of carbonyl (C=O) groups excluding carboxylic acids is 1. The molecule has 0 radical (unpaired) electrons. The second-order valence-electron chi connectivity index (χ2n) is 4.65. The van der Waals surface area contributed by atoms with E-state index in [0.29, 0.717) is 18.2 Å². The van der Waals surface area contributed by atoms with Crippen molar-refractivity contribution in [3.05, 3.63) is 29.3 Å². The highest BCUT2D eigenvalue weighted by Gasteiger charge is 2.14. The van der Waals surface area contributed by atoms with Crippen molar-refractivity contribution >= 4 is 17.7 Å². The van der Waals surface area contributed by atoms with Gasteiger partial charge in [-0.25, -0.2) is 9.59 Å². The minimum atomic E-state index is -1.05. The van der Waals surface area contributed by atoms with Crippen LogP contribution in [0, 0.1) is 12.8 Å². The summed E-state index contributed by atoms with van der Waals surface area (Å²) in [6, 6.07) is 4.51. The van der Waals surface area contributed by atoms with E-state index in [1.54, 1.807) is 19.1 Å². The number of benzene rings is 1. The molecule has 0 aliphatic heterocycles. The topological polar surface area (TPSA) is 78.4 Å². The van der Waals surface area contributed by atoms with Crippen LogP contribution in [0.1, 0.15) is 36.2 Å². The van der Waals surface area contributed by atoms with Crippen LogP contribution in [0.4, 0.5) is 10.5 Å². The number of aromatic carboxylic acids is 1. The molecule has 1 aromatic rings. The highest BCUT2D eigenvalue weighted by atomic mass is 16.4. The van der Waals surface area contributed by atoms with E-state index < -0.39 is 5.97 Å². The van der Waals surface area contributed by atoms with Gasteiger partial charge in [0.05, 0.1) is 11.3 Å². The van der Waals surface area contributed by atoms with Gasteiger partial charge in [0.25, 0.3) is 0 Å². The van der Waals surface area contributed by atoms with Crippen LogP contribution in [0.2, 0.25) is 0 Å². The molecular weight excluding hydrogens is 244 g/mol. The Hall–Kier alpha value is -2.04. The summed E-state index contributed by atoms with van der Waals surface area (Å²) in [6.07, 6.45) is 0.977. The Morgan fingerprint density at radius 1 is 1.37 bits per heavy atom. The minimum Gasteiger partial charge on any atom is -0.478 e. The Bertz CT molecular complexity index is 472. The first-order chi connectivity index (χ1) is 8.95. The maximum absolute atomic E-state index is 11.7. The zero-order valence-corrected chi connectivity index (χ0v) is 11.5. The molecule has 19 heavy (non-hydrogen) atoms. The van der Waals surface area contributed by atoms with Crippen molar-refractivity contribution in [3.8, 4) is 0 Å². The second kappa shape index (κ2) is 6.78. The molecule has 0 fully saturated rings. The molecular formula is C14H20N2O3. The number of aryl methyl sites for hydroxylation is 1. The Morgan fingerprint density at radius 3 is 2.63 bits per heavy atom. The zero-order valence-electron chi connectivity index (χ0n) is 11.5. The first-order valence-corrected chi connectivity index (χ1v) is 6.33. The van der Waals surface area contributed by atoms with Gasteiger partial charge in [0, 0.05) is 6.54 Å². The van der Waals surface area contributed by atoms with Gasteiger partial charge in [0.1, 0.15) is 0 Å². The SMILES string of the molecule is CCC(C)CNC(=O)Nc1c(C)cccc1C(=O)O. The van der Waals surface area contributed by atoms with Gasteiger partial charge in [-0.1, -0.05) is 32.4 Å². The van der Waals surface area contributed by atoms with E-state index in [1.807, 2.05) is 13.8 Å². The Labute approximate surface area is 113 Å². The number of rotatable bonds is 5. The van der Waals surface area contributed by atoms with Crippen LogP contribution >= 0.6 is 0 Å². The number of carboxylic acids is 1. The van der Waals surface area contributed by atoms with Crippen molar-refractivity contribution in [2.75, 3.05) is 11.9 Å². The molecule has 5 nitrogen and oxygen atoms in total. The van der Waals surface area contributed by atoms with Crippen LogP contribution in [0.25, 0.3) is 0 Å². The average molecular weight is 264 g/mol. The number of anilines is 1. The van der Waals surface area contributed by atoms with Crippen molar-refractivity contribution in [2.45, 2.75) is 27.2 Å². The molecule has 1 aromatic carbocycles. The fraction of sp³-hybridized carbons (Fsp3) is 0.429. The molecule has 0 aliphatic rings. The van der Waals surface area contributed by atoms with Gasteiger partial charge in [-0.05, 0) is 24.5 Å². The molecule has 3 N–H and O–H groups in total. The maximum atomic E-state index is 11.7. The molecule has 0 heterocycles. The predicted molar refractivity (Wildman–Crippen MR) is 74.6 cm³/mol. The summed E-state index contributed by atoms with van der Waals surface area (Å²) in [4.78, 5) is 22.8. The second-order valence-corrected chi connectivity index (χ2v) is 4.65. The van der Waals surface area contributed by atoms with Gasteiger partial charge in [0.15, 0.2) is 0 Å². The Morgan fingerprint density at radius 2 is 2.05 bits per heavy atom. The first-order valence-electron chi connectivity index (χ1n) is 6.33. The number of para-hydroxylation sites is 1. The van der Waals surface area contributed by atoms with Gasteiger partial charge >= 0.3 is 12.0 Å². The molecule has 0 saturated carbocycles. The standard InChI is InChI=1S/C14H20N2O3/c1-4-9(2)8-15-14(19)16-12-10(3)6-5-7-11(12)13(17)18/h5-7,9H,4,8H2,1-3H3,(H,17,18)(H2,15,16,19). The van der Waals surface area contributed by atoms with Gasteiger partial charge in [0.2, 0.25) is 0 Å². The molecule has 104 valence electrons. The number of nitrogens with one attached hydrogen (secondary N) is 2. The van der Waals surface area contributed by atoms with Crippen molar-refractivity contribution in [1.82, 2.24) is 5.32 Å². The largest absolute Gasteiger partial charge is 0.478 e. The van der Waals surface area contributed by atoms with E-state index in [-0.39, 0.29) is 11.6 Å². The zero-order chi connectivity index (χ0) is 14.4. The fourth-order valence-electron chi connectivity index (χ4n) is 1.58. The van der Waals surface area contributed by atoms with E-state index in [2.05, 4.69) is 10.6 Å². The van der Waals surface area contributed by atoms with Crippen molar-refractivity contribution < 1.29 is 14.7 Å². The summed E-state index contributed by atoms with van der Waals surface area (Å²) < 4.78 is 0. The van der Waals surface area contributed by atoms with Crippen LogP contribution in [0.15, 0.2) is 18.2 Å². The summed E-state index contributed by atoms with van der Waals surface area (Å²) in [7, 11) is 0. The number of hydrogen-bond donors (Lipinski definition) is 3. The molecule has 1 rings (SSSR count). The molecule has 0 aliphatic carbocycles. The van der Waals surface area contributed by atoms with Crippen LogP contribution < -0.4 is 10.6 Å². The highest BCUT2D eigenvalue weighted by Crippen LogP contribution is 2.20.